The lowest BCUT2D eigenvalue weighted by atomic mass is 9.87. The molecule has 2 unspecified atom stereocenters. The summed E-state index contributed by atoms with van der Waals surface area (Å²) in [6, 6.07) is 7.32. The van der Waals surface area contributed by atoms with Gasteiger partial charge >= 0.3 is 5.97 Å². The maximum Gasteiger partial charge on any atom is 0.306 e. The Labute approximate surface area is 142 Å². The van der Waals surface area contributed by atoms with Crippen LogP contribution < -0.4 is 9.47 Å². The van der Waals surface area contributed by atoms with Crippen molar-refractivity contribution in [3.63, 3.8) is 0 Å². The summed E-state index contributed by atoms with van der Waals surface area (Å²) in [6.45, 7) is 3.42. The summed E-state index contributed by atoms with van der Waals surface area (Å²) in [5, 5.41) is 9.12. The van der Waals surface area contributed by atoms with Crippen molar-refractivity contribution in [3.05, 3.63) is 24.3 Å². The lowest BCUT2D eigenvalue weighted by Crippen LogP contribution is -2.45. The Morgan fingerprint density at radius 2 is 1.92 bits per heavy atom. The number of nitrogens with zero attached hydrogens (tertiary/aromatic N) is 1. The summed E-state index contributed by atoms with van der Waals surface area (Å²) in [6.07, 6.45) is 1.59. The minimum absolute atomic E-state index is 0.00394. The predicted molar refractivity (Wildman–Crippen MR) is 89.2 cm³/mol. The van der Waals surface area contributed by atoms with E-state index in [4.69, 9.17) is 14.6 Å². The topological polar surface area (TPSA) is 76.1 Å². The molecule has 0 bridgehead atoms. The van der Waals surface area contributed by atoms with Crippen molar-refractivity contribution >= 4 is 11.9 Å². The molecule has 1 N–H and O–H groups in total. The van der Waals surface area contributed by atoms with Crippen LogP contribution in [0.2, 0.25) is 0 Å². The molecular formula is C18H25NO5. The van der Waals surface area contributed by atoms with Gasteiger partial charge in [-0.05, 0) is 43.0 Å². The summed E-state index contributed by atoms with van der Waals surface area (Å²) in [4.78, 5) is 25.1. The Hall–Kier alpha value is -2.24. The summed E-state index contributed by atoms with van der Waals surface area (Å²) in [5.74, 6) is 0.491. The number of ether oxygens (including phenoxy) is 2. The van der Waals surface area contributed by atoms with Crippen LogP contribution in [-0.2, 0) is 9.59 Å². The minimum Gasteiger partial charge on any atom is -0.497 e. The highest BCUT2D eigenvalue weighted by molar-refractivity contribution is 5.77. The molecule has 1 heterocycles. The van der Waals surface area contributed by atoms with Gasteiger partial charge in [0.15, 0.2) is 0 Å². The first kappa shape index (κ1) is 18.1. The fraction of sp³-hybridized carbons (Fsp3) is 0.556. The number of hydrogen-bond donors (Lipinski definition) is 1. The smallest absolute Gasteiger partial charge is 0.306 e. The third-order valence-electron chi connectivity index (χ3n) is 4.44. The number of amides is 1. The van der Waals surface area contributed by atoms with Gasteiger partial charge in [-0.3, -0.25) is 9.59 Å². The van der Waals surface area contributed by atoms with Gasteiger partial charge in [0.25, 0.3) is 0 Å². The van der Waals surface area contributed by atoms with Crippen molar-refractivity contribution in [2.75, 3.05) is 26.8 Å². The number of carbonyl (C=O) groups is 2. The number of carboxylic acids is 1. The van der Waals surface area contributed by atoms with Crippen LogP contribution in [0.3, 0.4) is 0 Å². The van der Waals surface area contributed by atoms with Gasteiger partial charge in [-0.25, -0.2) is 0 Å². The zero-order valence-electron chi connectivity index (χ0n) is 14.2. The molecule has 6 nitrogen and oxygen atoms in total. The van der Waals surface area contributed by atoms with Crippen LogP contribution >= 0.6 is 0 Å². The van der Waals surface area contributed by atoms with Crippen LogP contribution in [0, 0.1) is 11.8 Å². The minimum atomic E-state index is -0.762. The number of benzene rings is 1. The summed E-state index contributed by atoms with van der Waals surface area (Å²) >= 11 is 0. The van der Waals surface area contributed by atoms with Crippen molar-refractivity contribution in [1.29, 1.82) is 0 Å². The molecule has 0 aliphatic carbocycles. The molecule has 0 radical (unpaired) electrons. The van der Waals surface area contributed by atoms with Crippen LogP contribution in [0.1, 0.15) is 26.2 Å². The maximum absolute atomic E-state index is 12.2. The summed E-state index contributed by atoms with van der Waals surface area (Å²) in [7, 11) is 1.61. The molecule has 132 valence electrons. The second kappa shape index (κ2) is 8.57. The number of rotatable bonds is 7. The first-order valence-electron chi connectivity index (χ1n) is 8.28. The van der Waals surface area contributed by atoms with Gasteiger partial charge in [-0.1, -0.05) is 6.92 Å². The van der Waals surface area contributed by atoms with Crippen molar-refractivity contribution in [2.24, 2.45) is 11.8 Å². The molecule has 2 atom stereocenters. The van der Waals surface area contributed by atoms with E-state index in [0.29, 0.717) is 39.0 Å². The highest BCUT2D eigenvalue weighted by Gasteiger charge is 2.32. The molecule has 1 amide bonds. The van der Waals surface area contributed by atoms with E-state index in [9.17, 15) is 9.59 Å². The standard InChI is InChI=1S/C18H25NO5/c1-13-12-19(10-9-16(13)18(21)22)17(20)4-3-11-24-15-7-5-14(23-2)6-8-15/h5-8,13,16H,3-4,9-12H2,1-2H3,(H,21,22). The molecule has 1 saturated heterocycles. The van der Waals surface area contributed by atoms with Gasteiger partial charge in [0.05, 0.1) is 19.6 Å². The van der Waals surface area contributed by atoms with E-state index in [2.05, 4.69) is 0 Å². The lowest BCUT2D eigenvalue weighted by Gasteiger charge is -2.35. The van der Waals surface area contributed by atoms with Crippen molar-refractivity contribution in [3.8, 4) is 11.5 Å². The molecule has 1 fully saturated rings. The second-order valence-electron chi connectivity index (χ2n) is 6.18. The van der Waals surface area contributed by atoms with E-state index in [1.165, 1.54) is 0 Å². The van der Waals surface area contributed by atoms with E-state index >= 15 is 0 Å². The molecule has 0 saturated carbocycles. The predicted octanol–water partition coefficient (Wildman–Crippen LogP) is 2.42. The number of piperidine rings is 1. The van der Waals surface area contributed by atoms with Crippen LogP contribution in [0.4, 0.5) is 0 Å². The van der Waals surface area contributed by atoms with E-state index in [1.807, 2.05) is 31.2 Å². The van der Waals surface area contributed by atoms with Crippen LogP contribution in [0.5, 0.6) is 11.5 Å². The Balaban J connectivity index is 1.68. The average Bonchev–Trinajstić information content (AvgIpc) is 2.58. The molecule has 1 aromatic rings. The first-order chi connectivity index (χ1) is 11.5. The number of carboxylic acid groups (broad SMARTS) is 1. The normalized spacial score (nSPS) is 20.5. The summed E-state index contributed by atoms with van der Waals surface area (Å²) < 4.78 is 10.7. The Morgan fingerprint density at radius 1 is 1.25 bits per heavy atom. The number of aliphatic carboxylic acids is 1. The van der Waals surface area contributed by atoms with Crippen LogP contribution in [0.15, 0.2) is 24.3 Å². The van der Waals surface area contributed by atoms with Gasteiger partial charge in [0.2, 0.25) is 5.91 Å². The largest absolute Gasteiger partial charge is 0.497 e. The fourth-order valence-electron chi connectivity index (χ4n) is 2.98. The first-order valence-corrected chi connectivity index (χ1v) is 8.28. The molecule has 1 aliphatic heterocycles. The monoisotopic (exact) mass is 335 g/mol. The molecule has 6 heteroatoms. The van der Waals surface area contributed by atoms with Crippen molar-refractivity contribution in [1.82, 2.24) is 4.90 Å². The number of methoxy groups -OCH3 is 1. The highest BCUT2D eigenvalue weighted by atomic mass is 16.5. The number of carbonyl (C=O) groups excluding carboxylic acids is 1. The molecule has 1 aliphatic rings. The highest BCUT2D eigenvalue weighted by Crippen LogP contribution is 2.24. The number of hydrogen-bond acceptors (Lipinski definition) is 4. The van der Waals surface area contributed by atoms with Gasteiger partial charge in [-0.15, -0.1) is 0 Å². The Morgan fingerprint density at radius 3 is 2.50 bits per heavy atom. The Bertz CT molecular complexity index is 557. The van der Waals surface area contributed by atoms with Crippen molar-refractivity contribution in [2.45, 2.75) is 26.2 Å². The zero-order chi connectivity index (χ0) is 17.5. The van der Waals surface area contributed by atoms with Crippen LogP contribution in [-0.4, -0.2) is 48.7 Å². The third kappa shape index (κ3) is 4.88. The number of likely N-dealkylation sites (tertiary alicyclic amines) is 1. The second-order valence-corrected chi connectivity index (χ2v) is 6.18. The SMILES string of the molecule is COc1ccc(OCCCC(=O)N2CCC(C(=O)O)C(C)C2)cc1. The maximum atomic E-state index is 12.2. The van der Waals surface area contributed by atoms with E-state index in [1.54, 1.807) is 12.0 Å². The molecule has 2 rings (SSSR count). The molecule has 24 heavy (non-hydrogen) atoms. The Kier molecular flexibility index (Phi) is 6.46. The molecule has 1 aromatic carbocycles. The quantitative estimate of drug-likeness (QED) is 0.775. The zero-order valence-corrected chi connectivity index (χ0v) is 14.2. The third-order valence-corrected chi connectivity index (χ3v) is 4.44. The van der Waals surface area contributed by atoms with Gasteiger partial charge in [0, 0.05) is 19.5 Å². The fourth-order valence-corrected chi connectivity index (χ4v) is 2.98. The molecule has 0 spiro atoms. The molecule has 0 aromatic heterocycles. The molecular weight excluding hydrogens is 310 g/mol. The van der Waals surface area contributed by atoms with Crippen molar-refractivity contribution < 1.29 is 24.2 Å². The lowest BCUT2D eigenvalue weighted by molar-refractivity contribution is -0.148. The average molecular weight is 335 g/mol. The van der Waals surface area contributed by atoms with E-state index in [-0.39, 0.29) is 17.7 Å². The van der Waals surface area contributed by atoms with E-state index < -0.39 is 5.97 Å². The summed E-state index contributed by atoms with van der Waals surface area (Å²) in [5.41, 5.74) is 0. The van der Waals surface area contributed by atoms with E-state index in [0.717, 1.165) is 11.5 Å². The van der Waals surface area contributed by atoms with Crippen LogP contribution in [0.25, 0.3) is 0 Å². The van der Waals surface area contributed by atoms with Gasteiger partial charge < -0.3 is 19.5 Å². The van der Waals surface area contributed by atoms with Gasteiger partial charge in [0.1, 0.15) is 11.5 Å². The van der Waals surface area contributed by atoms with Gasteiger partial charge in [-0.2, -0.15) is 0 Å².